The predicted molar refractivity (Wildman–Crippen MR) is 129 cm³/mol. The Morgan fingerprint density at radius 1 is 1.03 bits per heavy atom. The van der Waals surface area contributed by atoms with E-state index in [1.165, 1.54) is 32.4 Å². The Morgan fingerprint density at radius 3 is 2.54 bits per heavy atom. The average Bonchev–Trinajstić information content (AvgIpc) is 3.46. The molecule has 2 fully saturated rings. The molecule has 4 atom stereocenters. The molecule has 2 aromatic carbocycles. The smallest absolute Gasteiger partial charge is 0.412 e. The van der Waals surface area contributed by atoms with Gasteiger partial charge in [0.1, 0.15) is 28.6 Å². The molecule has 1 amide bonds. The Hall–Kier alpha value is -3.39. The van der Waals surface area contributed by atoms with Crippen molar-refractivity contribution in [3.8, 4) is 11.5 Å². The lowest BCUT2D eigenvalue weighted by atomic mass is 10.1. The van der Waals surface area contributed by atoms with Gasteiger partial charge in [0, 0.05) is 11.8 Å². The monoisotopic (exact) mass is 536 g/mol. The predicted octanol–water partition coefficient (Wildman–Crippen LogP) is 1.94. The molecule has 0 saturated carbocycles. The van der Waals surface area contributed by atoms with Crippen LogP contribution in [0.4, 0.5) is 10.5 Å². The summed E-state index contributed by atoms with van der Waals surface area (Å²) in [6, 6.07) is 9.97. The Kier molecular flexibility index (Phi) is 8.17. The lowest BCUT2D eigenvalue weighted by Gasteiger charge is -2.19. The molecule has 0 bridgehead atoms. The van der Waals surface area contributed by atoms with Crippen LogP contribution in [-0.4, -0.2) is 78.9 Å². The van der Waals surface area contributed by atoms with Gasteiger partial charge in [-0.3, -0.25) is 5.32 Å². The first kappa shape index (κ1) is 26.7. The number of methoxy groups -OCH3 is 2. The molecule has 200 valence electrons. The maximum atomic E-state index is 13.1. The summed E-state index contributed by atoms with van der Waals surface area (Å²) in [5.41, 5.74) is 0.627. The van der Waals surface area contributed by atoms with E-state index < -0.39 is 46.4 Å². The summed E-state index contributed by atoms with van der Waals surface area (Å²) in [5, 5.41) is 2.56. The maximum absolute atomic E-state index is 13.1. The number of esters is 1. The van der Waals surface area contributed by atoms with E-state index in [-0.39, 0.29) is 36.0 Å². The third kappa shape index (κ3) is 5.96. The van der Waals surface area contributed by atoms with Crippen molar-refractivity contribution in [2.45, 2.75) is 36.2 Å². The Labute approximate surface area is 214 Å². The fourth-order valence-electron chi connectivity index (χ4n) is 4.15. The van der Waals surface area contributed by atoms with Crippen LogP contribution in [0.25, 0.3) is 0 Å². The molecule has 2 saturated heterocycles. The lowest BCUT2D eigenvalue weighted by Crippen LogP contribution is -2.44. The highest BCUT2D eigenvalue weighted by atomic mass is 32.2. The summed E-state index contributed by atoms with van der Waals surface area (Å²) < 4.78 is 61.1. The molecule has 0 unspecified atom stereocenters. The minimum absolute atomic E-state index is 0.0178. The summed E-state index contributed by atoms with van der Waals surface area (Å²) in [4.78, 5) is 24.3. The van der Waals surface area contributed by atoms with Crippen LogP contribution in [-0.2, 0) is 29.0 Å². The molecule has 13 heteroatoms. The number of rotatable bonds is 9. The van der Waals surface area contributed by atoms with Crippen molar-refractivity contribution in [3.05, 3.63) is 48.0 Å². The summed E-state index contributed by atoms with van der Waals surface area (Å²) in [6.45, 7) is 1.97. The Bertz CT molecular complexity index is 1250. The van der Waals surface area contributed by atoms with E-state index in [0.29, 0.717) is 11.4 Å². The maximum Gasteiger partial charge on any atom is 0.412 e. The second-order valence-corrected chi connectivity index (χ2v) is 9.89. The largest absolute Gasteiger partial charge is 0.497 e. The molecule has 2 aliphatic rings. The minimum Gasteiger partial charge on any atom is -0.497 e. The van der Waals surface area contributed by atoms with Crippen molar-refractivity contribution in [3.63, 3.8) is 0 Å². The number of hydrogen-bond donors (Lipinski definition) is 2. The van der Waals surface area contributed by atoms with Gasteiger partial charge in [-0.25, -0.2) is 22.7 Å². The molecule has 37 heavy (non-hydrogen) atoms. The van der Waals surface area contributed by atoms with E-state index in [1.54, 1.807) is 31.2 Å². The van der Waals surface area contributed by atoms with E-state index in [9.17, 15) is 18.0 Å². The van der Waals surface area contributed by atoms with Crippen molar-refractivity contribution in [2.75, 3.05) is 39.4 Å². The van der Waals surface area contributed by atoms with Crippen LogP contribution in [0, 0.1) is 0 Å². The Balaban J connectivity index is 1.38. The van der Waals surface area contributed by atoms with Crippen LogP contribution in [0.2, 0.25) is 0 Å². The zero-order valence-electron chi connectivity index (χ0n) is 20.5. The third-order valence-corrected chi connectivity index (χ3v) is 7.36. The average molecular weight is 537 g/mol. The molecule has 0 aromatic heterocycles. The molecule has 0 aliphatic carbocycles. The van der Waals surface area contributed by atoms with Crippen LogP contribution < -0.4 is 19.5 Å². The number of sulfonamides is 1. The molecule has 2 aliphatic heterocycles. The lowest BCUT2D eigenvalue weighted by molar-refractivity contribution is 0.00883. The van der Waals surface area contributed by atoms with Crippen LogP contribution in [0.15, 0.2) is 47.4 Å². The number of anilines is 1. The Morgan fingerprint density at radius 2 is 1.81 bits per heavy atom. The first-order chi connectivity index (χ1) is 17.7. The van der Waals surface area contributed by atoms with Crippen LogP contribution in [0.3, 0.4) is 0 Å². The molecule has 2 N–H and O–H groups in total. The summed E-state index contributed by atoms with van der Waals surface area (Å²) in [6.07, 6.45) is -2.88. The summed E-state index contributed by atoms with van der Waals surface area (Å²) in [7, 11) is -1.23. The third-order valence-electron chi connectivity index (χ3n) is 5.85. The second-order valence-electron chi connectivity index (χ2n) is 8.21. The van der Waals surface area contributed by atoms with Gasteiger partial charge in [-0.15, -0.1) is 0 Å². The highest BCUT2D eigenvalue weighted by Crippen LogP contribution is 2.32. The van der Waals surface area contributed by atoms with Gasteiger partial charge in [-0.1, -0.05) is 6.07 Å². The van der Waals surface area contributed by atoms with Crippen molar-refractivity contribution >= 4 is 27.8 Å². The van der Waals surface area contributed by atoms with E-state index in [1.807, 2.05) is 0 Å². The molecule has 12 nitrogen and oxygen atoms in total. The van der Waals surface area contributed by atoms with E-state index in [4.69, 9.17) is 28.4 Å². The van der Waals surface area contributed by atoms with Gasteiger partial charge < -0.3 is 28.4 Å². The number of carbonyl (C=O) groups is 2. The van der Waals surface area contributed by atoms with E-state index >= 15 is 0 Å². The van der Waals surface area contributed by atoms with Crippen molar-refractivity contribution < 1.29 is 46.4 Å². The van der Waals surface area contributed by atoms with Gasteiger partial charge in [-0.05, 0) is 37.3 Å². The number of amides is 1. The van der Waals surface area contributed by atoms with Gasteiger partial charge in [-0.2, -0.15) is 0 Å². The highest BCUT2D eigenvalue weighted by Gasteiger charge is 2.50. The molecule has 0 spiro atoms. The SMILES string of the molecule is CCOC(=O)c1cccc(NC(=O)O[C@@H]2CO[C@H]3[C@@H]2OC[C@@H]3NS(=O)(=O)c2cc(OC)ccc2OC)c1. The molecule has 4 rings (SSSR count). The van der Waals surface area contributed by atoms with E-state index in [0.717, 1.165) is 0 Å². The normalized spacial score (nSPS) is 22.7. The number of ether oxygens (including phenoxy) is 6. The topological polar surface area (TPSA) is 148 Å². The number of nitrogens with one attached hydrogen (secondary N) is 2. The molecule has 0 radical (unpaired) electrons. The van der Waals surface area contributed by atoms with Gasteiger partial charge >= 0.3 is 12.1 Å². The second kappa shape index (κ2) is 11.3. The summed E-state index contributed by atoms with van der Waals surface area (Å²) in [5.74, 6) is -0.00177. The number of hydrogen-bond acceptors (Lipinski definition) is 10. The fourth-order valence-corrected chi connectivity index (χ4v) is 5.56. The molecular formula is C24H28N2O10S. The zero-order chi connectivity index (χ0) is 26.6. The molecular weight excluding hydrogens is 508 g/mol. The number of carbonyl (C=O) groups excluding carboxylic acids is 2. The highest BCUT2D eigenvalue weighted by molar-refractivity contribution is 7.89. The van der Waals surface area contributed by atoms with Crippen LogP contribution in [0.1, 0.15) is 17.3 Å². The van der Waals surface area contributed by atoms with Gasteiger partial charge in [0.25, 0.3) is 0 Å². The molecule has 2 heterocycles. The quantitative estimate of drug-likeness (QED) is 0.456. The first-order valence-corrected chi connectivity index (χ1v) is 13.0. The van der Waals surface area contributed by atoms with Gasteiger partial charge in [0.2, 0.25) is 10.0 Å². The van der Waals surface area contributed by atoms with E-state index in [2.05, 4.69) is 10.0 Å². The molecule has 2 aromatic rings. The number of benzene rings is 2. The standard InChI is InChI=1S/C24H28N2O10S/c1-4-33-23(27)14-6-5-7-15(10-14)25-24(28)36-19-13-35-21-17(12-34-22(19)21)26-37(29,30)20-11-16(31-2)8-9-18(20)32-3/h5-11,17,19,21-22,26H,4,12-13H2,1-3H3,(H,25,28)/t17-,19+,21+,22+/m0/s1. The van der Waals surface area contributed by atoms with Crippen molar-refractivity contribution in [2.24, 2.45) is 0 Å². The van der Waals surface area contributed by atoms with Crippen LogP contribution >= 0.6 is 0 Å². The summed E-state index contributed by atoms with van der Waals surface area (Å²) >= 11 is 0. The van der Waals surface area contributed by atoms with Crippen LogP contribution in [0.5, 0.6) is 11.5 Å². The number of fused-ring (bicyclic) bond motifs is 1. The van der Waals surface area contributed by atoms with Crippen molar-refractivity contribution in [1.82, 2.24) is 4.72 Å². The van der Waals surface area contributed by atoms with Gasteiger partial charge in [0.15, 0.2) is 6.10 Å². The fraction of sp³-hybridized carbons (Fsp3) is 0.417. The first-order valence-electron chi connectivity index (χ1n) is 11.5. The van der Waals surface area contributed by atoms with Gasteiger partial charge in [0.05, 0.1) is 45.6 Å². The minimum atomic E-state index is -4.03. The zero-order valence-corrected chi connectivity index (χ0v) is 21.3. The van der Waals surface area contributed by atoms with Crippen molar-refractivity contribution in [1.29, 1.82) is 0 Å².